The molecule has 3 aromatic rings. The van der Waals surface area contributed by atoms with E-state index in [1.54, 1.807) is 0 Å². The Bertz CT molecular complexity index is 1210. The van der Waals surface area contributed by atoms with E-state index in [1.165, 1.54) is 17.3 Å². The minimum Gasteiger partial charge on any atom is -0.352 e. The molecule has 3 aromatic carbocycles. The second-order valence-corrected chi connectivity index (χ2v) is 10.0. The van der Waals surface area contributed by atoms with Crippen molar-refractivity contribution in [3.05, 3.63) is 100.0 Å². The van der Waals surface area contributed by atoms with E-state index in [-0.39, 0.29) is 11.8 Å². The van der Waals surface area contributed by atoms with Gasteiger partial charge in [-0.1, -0.05) is 74.1 Å². The van der Waals surface area contributed by atoms with Gasteiger partial charge >= 0.3 is 0 Å². The third kappa shape index (κ3) is 5.60. The summed E-state index contributed by atoms with van der Waals surface area (Å²) in [7, 11) is 0. The first-order valence-corrected chi connectivity index (χ1v) is 12.5. The molecular formula is C29H30N2O2S. The van der Waals surface area contributed by atoms with Crippen LogP contribution in [0, 0.1) is 12.8 Å². The molecule has 0 aliphatic carbocycles. The molecule has 1 N–H and O–H groups in total. The van der Waals surface area contributed by atoms with Crippen LogP contribution in [0.15, 0.2) is 82.6 Å². The van der Waals surface area contributed by atoms with Gasteiger partial charge in [-0.15, -0.1) is 0 Å². The van der Waals surface area contributed by atoms with Gasteiger partial charge in [0.05, 0.1) is 17.1 Å². The maximum absolute atomic E-state index is 13.5. The second kappa shape index (κ2) is 10.7. The van der Waals surface area contributed by atoms with E-state index in [0.717, 1.165) is 28.1 Å². The Kier molecular flexibility index (Phi) is 7.53. The lowest BCUT2D eigenvalue weighted by atomic mass is 10.1. The molecule has 4 nitrogen and oxygen atoms in total. The molecule has 1 aliphatic rings. The largest absolute Gasteiger partial charge is 0.352 e. The molecule has 0 atom stereocenters. The van der Waals surface area contributed by atoms with Crippen molar-refractivity contribution in [2.45, 2.75) is 38.6 Å². The number of benzene rings is 3. The molecule has 0 aromatic heterocycles. The molecule has 1 heterocycles. The molecular weight excluding hydrogens is 440 g/mol. The van der Waals surface area contributed by atoms with E-state index < -0.39 is 0 Å². The fourth-order valence-corrected chi connectivity index (χ4v) is 4.89. The van der Waals surface area contributed by atoms with Crippen LogP contribution >= 0.6 is 11.8 Å². The van der Waals surface area contributed by atoms with Gasteiger partial charge in [-0.05, 0) is 66.3 Å². The second-order valence-electron chi connectivity index (χ2n) is 8.96. The Hall–Kier alpha value is -3.31. The number of hydrogen-bond acceptors (Lipinski definition) is 3. The molecule has 1 aliphatic heterocycles. The van der Waals surface area contributed by atoms with Crippen molar-refractivity contribution in [3.8, 4) is 0 Å². The molecule has 0 unspecified atom stereocenters. The monoisotopic (exact) mass is 470 g/mol. The van der Waals surface area contributed by atoms with Crippen LogP contribution < -0.4 is 10.2 Å². The van der Waals surface area contributed by atoms with E-state index in [0.29, 0.717) is 29.5 Å². The SMILES string of the molecule is Cc1ccccc1CN1C(=O)C(=Cc2ccc(C(=O)NCCC(C)C)cc2)Sc2ccccc21. The standard InChI is InChI=1S/C29H30N2O2S/c1-20(2)16-17-30-28(32)23-14-12-22(13-15-23)18-27-29(33)31(19-24-9-5-4-8-21(24)3)25-10-6-7-11-26(25)34-27/h4-15,18,20H,16-17,19H2,1-3H3,(H,30,32). The molecule has 34 heavy (non-hydrogen) atoms. The Morgan fingerprint density at radius 2 is 1.71 bits per heavy atom. The number of nitrogens with zero attached hydrogens (tertiary/aromatic N) is 1. The Morgan fingerprint density at radius 1 is 1.00 bits per heavy atom. The van der Waals surface area contributed by atoms with Gasteiger partial charge in [0.1, 0.15) is 0 Å². The number of carbonyl (C=O) groups is 2. The molecule has 0 spiro atoms. The van der Waals surface area contributed by atoms with Gasteiger partial charge in [0.15, 0.2) is 0 Å². The van der Waals surface area contributed by atoms with E-state index in [1.807, 2.05) is 65.6 Å². The molecule has 0 radical (unpaired) electrons. The van der Waals surface area contributed by atoms with Gasteiger partial charge in [0.25, 0.3) is 11.8 Å². The zero-order chi connectivity index (χ0) is 24.1. The van der Waals surface area contributed by atoms with E-state index in [4.69, 9.17) is 0 Å². The number of carbonyl (C=O) groups excluding carboxylic acids is 2. The summed E-state index contributed by atoms with van der Waals surface area (Å²) < 4.78 is 0. The molecule has 174 valence electrons. The normalized spacial score (nSPS) is 14.4. The summed E-state index contributed by atoms with van der Waals surface area (Å²) in [6.07, 6.45) is 2.87. The maximum Gasteiger partial charge on any atom is 0.265 e. The average molecular weight is 471 g/mol. The third-order valence-corrected chi connectivity index (χ3v) is 6.98. The van der Waals surface area contributed by atoms with Gasteiger partial charge < -0.3 is 10.2 Å². The molecule has 2 amide bonds. The highest BCUT2D eigenvalue weighted by molar-refractivity contribution is 8.04. The lowest BCUT2D eigenvalue weighted by Gasteiger charge is -2.31. The Labute approximate surface area is 206 Å². The van der Waals surface area contributed by atoms with Crippen LogP contribution in [0.25, 0.3) is 6.08 Å². The van der Waals surface area contributed by atoms with Crippen LogP contribution in [0.2, 0.25) is 0 Å². The molecule has 0 saturated carbocycles. The van der Waals surface area contributed by atoms with Gasteiger partial charge in [-0.3, -0.25) is 9.59 Å². The predicted octanol–water partition coefficient (Wildman–Crippen LogP) is 6.45. The van der Waals surface area contributed by atoms with Crippen molar-refractivity contribution >= 4 is 35.3 Å². The van der Waals surface area contributed by atoms with Crippen LogP contribution in [0.4, 0.5) is 5.69 Å². The van der Waals surface area contributed by atoms with Crippen molar-refractivity contribution < 1.29 is 9.59 Å². The first kappa shape index (κ1) is 23.8. The smallest absolute Gasteiger partial charge is 0.265 e. The molecule has 4 rings (SSSR count). The highest BCUT2D eigenvalue weighted by atomic mass is 32.2. The molecule has 0 fully saturated rings. The Balaban J connectivity index is 1.56. The van der Waals surface area contributed by atoms with Crippen LogP contribution in [-0.4, -0.2) is 18.4 Å². The summed E-state index contributed by atoms with van der Waals surface area (Å²) in [6, 6.07) is 23.6. The fourth-order valence-electron chi connectivity index (χ4n) is 3.84. The number of fused-ring (bicyclic) bond motifs is 1. The summed E-state index contributed by atoms with van der Waals surface area (Å²) in [5, 5.41) is 2.96. The number of para-hydroxylation sites is 1. The molecule has 0 bridgehead atoms. The average Bonchev–Trinajstić information content (AvgIpc) is 2.83. The van der Waals surface area contributed by atoms with Crippen molar-refractivity contribution in [3.63, 3.8) is 0 Å². The summed E-state index contributed by atoms with van der Waals surface area (Å²) >= 11 is 1.49. The number of hydrogen-bond donors (Lipinski definition) is 1. The molecule has 5 heteroatoms. The van der Waals surface area contributed by atoms with Crippen molar-refractivity contribution in [1.29, 1.82) is 0 Å². The predicted molar refractivity (Wildman–Crippen MR) is 141 cm³/mol. The number of amides is 2. The van der Waals surface area contributed by atoms with E-state index >= 15 is 0 Å². The van der Waals surface area contributed by atoms with Gasteiger partial charge in [0, 0.05) is 17.0 Å². The van der Waals surface area contributed by atoms with Crippen molar-refractivity contribution in [1.82, 2.24) is 5.32 Å². The quantitative estimate of drug-likeness (QED) is 0.404. The van der Waals surface area contributed by atoms with Crippen LogP contribution in [-0.2, 0) is 11.3 Å². The minimum atomic E-state index is -0.0682. The minimum absolute atomic E-state index is 0.0116. The summed E-state index contributed by atoms with van der Waals surface area (Å²) in [5.74, 6) is 0.471. The summed E-state index contributed by atoms with van der Waals surface area (Å²) in [5.41, 5.74) is 4.75. The van der Waals surface area contributed by atoms with Crippen molar-refractivity contribution in [2.24, 2.45) is 5.92 Å². The number of aryl methyl sites for hydroxylation is 1. The lowest BCUT2D eigenvalue weighted by molar-refractivity contribution is -0.114. The topological polar surface area (TPSA) is 49.4 Å². The zero-order valence-electron chi connectivity index (χ0n) is 19.9. The molecule has 0 saturated heterocycles. The maximum atomic E-state index is 13.5. The van der Waals surface area contributed by atoms with Gasteiger partial charge in [-0.2, -0.15) is 0 Å². The first-order valence-electron chi connectivity index (χ1n) is 11.7. The number of rotatable bonds is 7. The first-order chi connectivity index (χ1) is 16.4. The number of thioether (sulfide) groups is 1. The van der Waals surface area contributed by atoms with Gasteiger partial charge in [-0.25, -0.2) is 0 Å². The number of nitrogens with one attached hydrogen (secondary N) is 1. The Morgan fingerprint density at radius 3 is 2.44 bits per heavy atom. The highest BCUT2D eigenvalue weighted by Crippen LogP contribution is 2.42. The summed E-state index contributed by atoms with van der Waals surface area (Å²) in [6.45, 7) is 7.54. The van der Waals surface area contributed by atoms with Crippen molar-refractivity contribution in [2.75, 3.05) is 11.4 Å². The highest BCUT2D eigenvalue weighted by Gasteiger charge is 2.29. The van der Waals surface area contributed by atoms with Crippen LogP contribution in [0.1, 0.15) is 47.3 Å². The van der Waals surface area contributed by atoms with Gasteiger partial charge in [0.2, 0.25) is 0 Å². The summed E-state index contributed by atoms with van der Waals surface area (Å²) in [4.78, 5) is 29.5. The fraction of sp³-hybridized carbons (Fsp3) is 0.241. The zero-order valence-corrected chi connectivity index (χ0v) is 20.7. The van der Waals surface area contributed by atoms with Crippen LogP contribution in [0.3, 0.4) is 0 Å². The van der Waals surface area contributed by atoms with E-state index in [9.17, 15) is 9.59 Å². The lowest BCUT2D eigenvalue weighted by Crippen LogP contribution is -2.33. The number of anilines is 1. The van der Waals surface area contributed by atoms with E-state index in [2.05, 4.69) is 44.3 Å². The third-order valence-electron chi connectivity index (χ3n) is 5.90. The van der Waals surface area contributed by atoms with Crippen LogP contribution in [0.5, 0.6) is 0 Å².